The molecular weight excluding hydrogens is 213 g/mol. The molecule has 1 nitrogen and oxygen atoms in total. The summed E-state index contributed by atoms with van der Waals surface area (Å²) < 4.78 is 13.5. The van der Waals surface area contributed by atoms with Gasteiger partial charge < -0.3 is 5.32 Å². The van der Waals surface area contributed by atoms with Gasteiger partial charge in [0.2, 0.25) is 0 Å². The van der Waals surface area contributed by atoms with E-state index in [1.54, 1.807) is 13.0 Å². The number of hydrogen-bond donors (Lipinski definition) is 1. The Bertz CT molecular complexity index is 336. The van der Waals surface area contributed by atoms with Crippen molar-refractivity contribution in [2.75, 3.05) is 6.54 Å². The van der Waals surface area contributed by atoms with Gasteiger partial charge in [-0.25, -0.2) is 4.39 Å². The van der Waals surface area contributed by atoms with E-state index in [-0.39, 0.29) is 11.9 Å². The first-order valence-corrected chi connectivity index (χ1v) is 5.75. The van der Waals surface area contributed by atoms with Crippen molar-refractivity contribution in [3.63, 3.8) is 0 Å². The first-order chi connectivity index (χ1) is 7.18. The van der Waals surface area contributed by atoms with E-state index in [1.165, 1.54) is 12.8 Å². The molecule has 1 saturated heterocycles. The minimum atomic E-state index is -0.204. The van der Waals surface area contributed by atoms with E-state index in [9.17, 15) is 4.39 Å². The van der Waals surface area contributed by atoms with Crippen molar-refractivity contribution in [2.45, 2.75) is 32.2 Å². The Kier molecular flexibility index (Phi) is 3.27. The largest absolute Gasteiger partial charge is 0.310 e. The second kappa shape index (κ2) is 4.50. The quantitative estimate of drug-likeness (QED) is 0.773. The van der Waals surface area contributed by atoms with E-state index in [2.05, 4.69) is 5.32 Å². The van der Waals surface area contributed by atoms with Gasteiger partial charge in [0.15, 0.2) is 0 Å². The summed E-state index contributed by atoms with van der Waals surface area (Å²) in [7, 11) is 0. The van der Waals surface area contributed by atoms with Crippen molar-refractivity contribution < 1.29 is 4.39 Å². The maximum atomic E-state index is 13.5. The van der Waals surface area contributed by atoms with Gasteiger partial charge in [-0.05, 0) is 44.0 Å². The molecular formula is C12H15ClFN. The smallest absolute Gasteiger partial charge is 0.127 e. The van der Waals surface area contributed by atoms with Crippen LogP contribution in [0.4, 0.5) is 4.39 Å². The van der Waals surface area contributed by atoms with E-state index in [0.717, 1.165) is 18.5 Å². The molecule has 1 N–H and O–H groups in total. The molecule has 82 valence electrons. The third kappa shape index (κ3) is 2.32. The van der Waals surface area contributed by atoms with Crippen LogP contribution in [0.15, 0.2) is 12.1 Å². The van der Waals surface area contributed by atoms with Crippen LogP contribution in [-0.4, -0.2) is 6.54 Å². The van der Waals surface area contributed by atoms with Crippen LogP contribution in [0.5, 0.6) is 0 Å². The molecule has 0 saturated carbocycles. The fourth-order valence-electron chi connectivity index (χ4n) is 2.00. The van der Waals surface area contributed by atoms with Crippen LogP contribution in [0, 0.1) is 12.7 Å². The fraction of sp³-hybridized carbons (Fsp3) is 0.500. The van der Waals surface area contributed by atoms with Gasteiger partial charge in [-0.3, -0.25) is 0 Å². The van der Waals surface area contributed by atoms with Gasteiger partial charge in [-0.2, -0.15) is 0 Å². The van der Waals surface area contributed by atoms with Crippen molar-refractivity contribution in [3.8, 4) is 0 Å². The van der Waals surface area contributed by atoms with Gasteiger partial charge in [-0.1, -0.05) is 18.0 Å². The number of benzene rings is 1. The summed E-state index contributed by atoms with van der Waals surface area (Å²) in [6.07, 6.45) is 3.47. The molecule has 2 rings (SSSR count). The molecule has 0 aromatic heterocycles. The highest BCUT2D eigenvalue weighted by Crippen LogP contribution is 2.28. The van der Waals surface area contributed by atoms with E-state index in [1.807, 2.05) is 6.07 Å². The molecule has 1 aliphatic heterocycles. The Balaban J connectivity index is 2.27. The molecule has 0 amide bonds. The molecule has 1 aromatic carbocycles. The first kappa shape index (κ1) is 10.9. The van der Waals surface area contributed by atoms with E-state index in [0.29, 0.717) is 10.6 Å². The van der Waals surface area contributed by atoms with E-state index >= 15 is 0 Å². The van der Waals surface area contributed by atoms with Gasteiger partial charge in [0.1, 0.15) is 5.82 Å². The van der Waals surface area contributed by atoms with Crippen LogP contribution >= 0.6 is 11.6 Å². The molecule has 0 radical (unpaired) electrons. The van der Waals surface area contributed by atoms with Crippen LogP contribution < -0.4 is 5.32 Å². The lowest BCUT2D eigenvalue weighted by atomic mass is 9.96. The van der Waals surface area contributed by atoms with E-state index < -0.39 is 0 Å². The lowest BCUT2D eigenvalue weighted by Crippen LogP contribution is -2.26. The average Bonchev–Trinajstić information content (AvgIpc) is 2.26. The summed E-state index contributed by atoms with van der Waals surface area (Å²) in [5.41, 5.74) is 1.51. The lowest BCUT2D eigenvalue weighted by Gasteiger charge is -2.24. The van der Waals surface area contributed by atoms with Gasteiger partial charge in [0.25, 0.3) is 0 Å². The zero-order valence-corrected chi connectivity index (χ0v) is 9.57. The Morgan fingerprint density at radius 1 is 1.40 bits per heavy atom. The number of piperidine rings is 1. The number of hydrogen-bond acceptors (Lipinski definition) is 1. The predicted octanol–water partition coefficient (Wildman–Crippen LogP) is 3.60. The van der Waals surface area contributed by atoms with Crippen molar-refractivity contribution in [3.05, 3.63) is 34.1 Å². The molecule has 1 aliphatic rings. The molecule has 1 fully saturated rings. The van der Waals surface area contributed by atoms with E-state index in [4.69, 9.17) is 11.6 Å². The van der Waals surface area contributed by atoms with Crippen LogP contribution in [0.25, 0.3) is 0 Å². The molecule has 1 aromatic rings. The lowest BCUT2D eigenvalue weighted by molar-refractivity contribution is 0.411. The summed E-state index contributed by atoms with van der Waals surface area (Å²) in [5.74, 6) is -0.204. The maximum absolute atomic E-state index is 13.5. The van der Waals surface area contributed by atoms with Gasteiger partial charge in [0, 0.05) is 16.6 Å². The van der Waals surface area contributed by atoms with Crippen LogP contribution in [-0.2, 0) is 0 Å². The van der Waals surface area contributed by atoms with Crippen LogP contribution in [0.3, 0.4) is 0 Å². The number of rotatable bonds is 1. The molecule has 0 aliphatic carbocycles. The highest BCUT2D eigenvalue weighted by molar-refractivity contribution is 6.31. The van der Waals surface area contributed by atoms with Crippen molar-refractivity contribution in [1.29, 1.82) is 0 Å². The van der Waals surface area contributed by atoms with Gasteiger partial charge >= 0.3 is 0 Å². The topological polar surface area (TPSA) is 12.0 Å². The molecule has 1 atom stereocenters. The standard InChI is InChI=1S/C12H15ClFN/c1-8-10(13)6-9(7-11(8)14)12-4-2-3-5-15-12/h6-7,12,15H,2-5H2,1H3. The Hall–Kier alpha value is -0.600. The predicted molar refractivity (Wildman–Crippen MR) is 60.7 cm³/mol. The monoisotopic (exact) mass is 227 g/mol. The first-order valence-electron chi connectivity index (χ1n) is 5.37. The molecule has 1 heterocycles. The third-order valence-electron chi connectivity index (χ3n) is 3.02. The second-order valence-corrected chi connectivity index (χ2v) is 4.52. The minimum Gasteiger partial charge on any atom is -0.310 e. The minimum absolute atomic E-state index is 0.204. The summed E-state index contributed by atoms with van der Waals surface area (Å²) in [6.45, 7) is 2.72. The van der Waals surface area contributed by atoms with Crippen LogP contribution in [0.2, 0.25) is 5.02 Å². The molecule has 15 heavy (non-hydrogen) atoms. The zero-order valence-electron chi connectivity index (χ0n) is 8.82. The SMILES string of the molecule is Cc1c(F)cc(C2CCCCN2)cc1Cl. The molecule has 0 spiro atoms. The number of nitrogens with one attached hydrogen (secondary N) is 1. The summed E-state index contributed by atoms with van der Waals surface area (Å²) in [4.78, 5) is 0. The summed E-state index contributed by atoms with van der Waals surface area (Å²) >= 11 is 5.97. The van der Waals surface area contributed by atoms with Crippen molar-refractivity contribution in [1.82, 2.24) is 5.32 Å². The van der Waals surface area contributed by atoms with Gasteiger partial charge in [-0.15, -0.1) is 0 Å². The Morgan fingerprint density at radius 2 is 2.20 bits per heavy atom. The fourth-order valence-corrected chi connectivity index (χ4v) is 2.22. The number of halogens is 2. The molecule has 0 bridgehead atoms. The van der Waals surface area contributed by atoms with Crippen LogP contribution in [0.1, 0.15) is 36.4 Å². The molecule has 1 unspecified atom stereocenters. The van der Waals surface area contributed by atoms with Crippen molar-refractivity contribution >= 4 is 11.6 Å². The third-order valence-corrected chi connectivity index (χ3v) is 3.41. The highest BCUT2D eigenvalue weighted by atomic mass is 35.5. The average molecular weight is 228 g/mol. The summed E-state index contributed by atoms with van der Waals surface area (Å²) in [6, 6.07) is 3.75. The Labute approximate surface area is 94.6 Å². The molecule has 3 heteroatoms. The summed E-state index contributed by atoms with van der Waals surface area (Å²) in [5, 5.41) is 3.91. The maximum Gasteiger partial charge on any atom is 0.127 e. The normalized spacial score (nSPS) is 21.7. The zero-order chi connectivity index (χ0) is 10.8. The van der Waals surface area contributed by atoms with Gasteiger partial charge in [0.05, 0.1) is 0 Å². The second-order valence-electron chi connectivity index (χ2n) is 4.11. The van der Waals surface area contributed by atoms with Crippen molar-refractivity contribution in [2.24, 2.45) is 0 Å². The Morgan fingerprint density at radius 3 is 2.80 bits per heavy atom. The highest BCUT2D eigenvalue weighted by Gasteiger charge is 2.16.